The highest BCUT2D eigenvalue weighted by Crippen LogP contribution is 2.30. The van der Waals surface area contributed by atoms with Gasteiger partial charge in [0, 0.05) is 18.8 Å². The maximum Gasteiger partial charge on any atom is 0.149 e. The molecule has 1 N–H and O–H groups in total. The van der Waals surface area contributed by atoms with Gasteiger partial charge in [-0.2, -0.15) is 5.26 Å². The van der Waals surface area contributed by atoms with Gasteiger partial charge in [0.1, 0.15) is 11.9 Å². The third kappa shape index (κ3) is 2.86. The van der Waals surface area contributed by atoms with Crippen LogP contribution >= 0.6 is 0 Å². The summed E-state index contributed by atoms with van der Waals surface area (Å²) in [5.41, 5.74) is 7.28. The molecule has 2 aromatic carbocycles. The van der Waals surface area contributed by atoms with Gasteiger partial charge in [-0.3, -0.25) is 0 Å². The van der Waals surface area contributed by atoms with Crippen LogP contribution in [0.5, 0.6) is 0 Å². The molecule has 0 spiro atoms. The van der Waals surface area contributed by atoms with Crippen molar-refractivity contribution in [1.29, 1.82) is 5.26 Å². The van der Waals surface area contributed by atoms with E-state index in [0.717, 1.165) is 29.7 Å². The molecule has 1 fully saturated rings. The van der Waals surface area contributed by atoms with Gasteiger partial charge in [0.15, 0.2) is 0 Å². The molecule has 26 heavy (non-hydrogen) atoms. The first-order valence-corrected chi connectivity index (χ1v) is 9.09. The molecule has 4 heteroatoms. The number of nitrogens with zero attached hydrogens (tertiary/aromatic N) is 3. The van der Waals surface area contributed by atoms with E-state index in [2.05, 4.69) is 46.9 Å². The van der Waals surface area contributed by atoms with Crippen LogP contribution in [0, 0.1) is 25.2 Å². The van der Waals surface area contributed by atoms with Crippen LogP contribution in [-0.4, -0.2) is 23.1 Å². The van der Waals surface area contributed by atoms with Crippen molar-refractivity contribution in [3.63, 3.8) is 0 Å². The van der Waals surface area contributed by atoms with Gasteiger partial charge in [0.05, 0.1) is 16.6 Å². The Kier molecular flexibility index (Phi) is 4.22. The van der Waals surface area contributed by atoms with Crippen molar-refractivity contribution in [3.05, 3.63) is 58.9 Å². The van der Waals surface area contributed by atoms with Crippen molar-refractivity contribution in [2.45, 2.75) is 26.7 Å². The summed E-state index contributed by atoms with van der Waals surface area (Å²) in [6.07, 6.45) is 4.48. The molecular formula is C22H22N4. The first kappa shape index (κ1) is 16.4. The number of aromatic amines is 1. The molecule has 3 aromatic rings. The van der Waals surface area contributed by atoms with Crippen LogP contribution in [0.15, 0.2) is 36.4 Å². The van der Waals surface area contributed by atoms with Gasteiger partial charge in [0.2, 0.25) is 0 Å². The zero-order chi connectivity index (χ0) is 18.1. The second-order valence-corrected chi connectivity index (χ2v) is 6.89. The Hall–Kier alpha value is -3.06. The minimum atomic E-state index is 0.553. The van der Waals surface area contributed by atoms with Crippen LogP contribution in [0.1, 0.15) is 35.4 Å². The second kappa shape index (κ2) is 6.68. The Morgan fingerprint density at radius 1 is 1.12 bits per heavy atom. The smallest absolute Gasteiger partial charge is 0.149 e. The van der Waals surface area contributed by atoms with Gasteiger partial charge in [-0.1, -0.05) is 18.2 Å². The normalized spacial score (nSPS) is 14.8. The average Bonchev–Trinajstić information content (AvgIpc) is 3.32. The zero-order valence-corrected chi connectivity index (χ0v) is 15.2. The quantitative estimate of drug-likeness (QED) is 0.693. The summed E-state index contributed by atoms with van der Waals surface area (Å²) in [7, 11) is 0. The number of H-pyrrole nitrogens is 1. The molecule has 0 saturated carbocycles. The first-order chi connectivity index (χ1) is 12.7. The zero-order valence-electron chi connectivity index (χ0n) is 15.2. The predicted octanol–water partition coefficient (Wildman–Crippen LogP) is 4.84. The fraction of sp³-hybridized carbons (Fsp3) is 0.273. The average molecular weight is 342 g/mol. The van der Waals surface area contributed by atoms with Crippen LogP contribution < -0.4 is 4.90 Å². The number of aromatic nitrogens is 2. The van der Waals surface area contributed by atoms with Crippen LogP contribution in [-0.2, 0) is 0 Å². The van der Waals surface area contributed by atoms with Crippen molar-refractivity contribution < 1.29 is 0 Å². The fourth-order valence-corrected chi connectivity index (χ4v) is 3.67. The second-order valence-electron chi connectivity index (χ2n) is 6.89. The molecule has 0 atom stereocenters. The van der Waals surface area contributed by atoms with Crippen molar-refractivity contribution in [3.8, 4) is 6.07 Å². The number of nitriles is 1. The molecule has 0 radical (unpaired) electrons. The molecule has 1 saturated heterocycles. The lowest BCUT2D eigenvalue weighted by atomic mass is 9.99. The van der Waals surface area contributed by atoms with Gasteiger partial charge in [-0.15, -0.1) is 0 Å². The summed E-state index contributed by atoms with van der Waals surface area (Å²) < 4.78 is 0. The minimum Gasteiger partial charge on any atom is -0.371 e. The maximum absolute atomic E-state index is 9.67. The maximum atomic E-state index is 9.67. The number of para-hydroxylation sites is 2. The summed E-state index contributed by atoms with van der Waals surface area (Å²) in [4.78, 5) is 10.3. The van der Waals surface area contributed by atoms with E-state index < -0.39 is 0 Å². The first-order valence-electron chi connectivity index (χ1n) is 9.09. The van der Waals surface area contributed by atoms with E-state index in [4.69, 9.17) is 0 Å². The van der Waals surface area contributed by atoms with Gasteiger partial charge in [-0.05, 0) is 67.7 Å². The predicted molar refractivity (Wildman–Crippen MR) is 107 cm³/mol. The number of fused-ring (bicyclic) bond motifs is 1. The number of imidazole rings is 1. The van der Waals surface area contributed by atoms with Crippen molar-refractivity contribution in [2.75, 3.05) is 18.0 Å². The monoisotopic (exact) mass is 342 g/mol. The Labute approximate surface area is 153 Å². The van der Waals surface area contributed by atoms with Gasteiger partial charge >= 0.3 is 0 Å². The summed E-state index contributed by atoms with van der Waals surface area (Å²) in [6, 6.07) is 14.4. The fourth-order valence-electron chi connectivity index (χ4n) is 3.67. The highest BCUT2D eigenvalue weighted by molar-refractivity contribution is 5.91. The van der Waals surface area contributed by atoms with Crippen molar-refractivity contribution in [2.24, 2.45) is 0 Å². The highest BCUT2D eigenvalue weighted by Gasteiger charge is 2.16. The molecule has 4 rings (SSSR count). The molecule has 0 amide bonds. The Bertz CT molecular complexity index is 997. The van der Waals surface area contributed by atoms with Crippen LogP contribution in [0.25, 0.3) is 22.7 Å². The minimum absolute atomic E-state index is 0.553. The molecule has 0 unspecified atom stereocenters. The van der Waals surface area contributed by atoms with Crippen molar-refractivity contribution in [1.82, 2.24) is 9.97 Å². The van der Waals surface area contributed by atoms with E-state index in [9.17, 15) is 5.26 Å². The Morgan fingerprint density at radius 3 is 2.62 bits per heavy atom. The third-order valence-corrected chi connectivity index (χ3v) is 5.31. The molecule has 2 heterocycles. The molecule has 0 bridgehead atoms. The number of rotatable bonds is 3. The SMILES string of the molecule is Cc1c(/C=C(\C#N)c2nc3ccccc3[nH]2)ccc(N2CCCC2)c1C. The van der Waals surface area contributed by atoms with E-state index >= 15 is 0 Å². The lowest BCUT2D eigenvalue weighted by Gasteiger charge is -2.22. The number of allylic oxidation sites excluding steroid dienone is 1. The van der Waals surface area contributed by atoms with Crippen LogP contribution in [0.2, 0.25) is 0 Å². The van der Waals surface area contributed by atoms with E-state index in [0.29, 0.717) is 11.4 Å². The molecule has 1 aliphatic rings. The van der Waals surface area contributed by atoms with E-state index in [1.165, 1.54) is 29.7 Å². The molecule has 1 aliphatic heterocycles. The van der Waals surface area contributed by atoms with Gasteiger partial charge in [0.25, 0.3) is 0 Å². The van der Waals surface area contributed by atoms with E-state index in [1.54, 1.807) is 0 Å². The summed E-state index contributed by atoms with van der Waals surface area (Å²) in [6.45, 7) is 6.58. The van der Waals surface area contributed by atoms with E-state index in [-0.39, 0.29) is 0 Å². The number of benzene rings is 2. The molecular weight excluding hydrogens is 320 g/mol. The lowest BCUT2D eigenvalue weighted by molar-refractivity contribution is 0.949. The van der Waals surface area contributed by atoms with Gasteiger partial charge in [-0.25, -0.2) is 4.98 Å². The topological polar surface area (TPSA) is 55.7 Å². The van der Waals surface area contributed by atoms with Crippen molar-refractivity contribution >= 4 is 28.4 Å². The standard InChI is InChI=1S/C22H22N4/c1-15-16(2)21(26-11-5-6-12-26)10-9-17(15)13-18(14-23)22-24-19-7-3-4-8-20(19)25-22/h3-4,7-10,13H,5-6,11-12H2,1-2H3,(H,24,25)/b18-13+. The summed E-state index contributed by atoms with van der Waals surface area (Å²) in [5, 5.41) is 9.67. The lowest BCUT2D eigenvalue weighted by Crippen LogP contribution is -2.19. The highest BCUT2D eigenvalue weighted by atomic mass is 15.1. The number of hydrogen-bond acceptors (Lipinski definition) is 3. The largest absolute Gasteiger partial charge is 0.371 e. The molecule has 4 nitrogen and oxygen atoms in total. The van der Waals surface area contributed by atoms with E-state index in [1.807, 2.05) is 30.3 Å². The summed E-state index contributed by atoms with van der Waals surface area (Å²) >= 11 is 0. The van der Waals surface area contributed by atoms with Crippen LogP contribution in [0.3, 0.4) is 0 Å². The van der Waals surface area contributed by atoms with Crippen LogP contribution in [0.4, 0.5) is 5.69 Å². The Balaban J connectivity index is 1.73. The summed E-state index contributed by atoms with van der Waals surface area (Å²) in [5.74, 6) is 0.620. The third-order valence-electron chi connectivity index (χ3n) is 5.31. The number of hydrogen-bond donors (Lipinski definition) is 1. The molecule has 1 aromatic heterocycles. The number of anilines is 1. The number of nitrogens with one attached hydrogen (secondary N) is 1. The molecule has 130 valence electrons. The molecule has 0 aliphatic carbocycles. The van der Waals surface area contributed by atoms with Gasteiger partial charge < -0.3 is 9.88 Å². The Morgan fingerprint density at radius 2 is 1.88 bits per heavy atom.